The maximum atomic E-state index is 10.8. The first-order valence-corrected chi connectivity index (χ1v) is 5.41. The SMILES string of the molecule is O=C(CCl)NCc1cccc(I)c1. The van der Waals surface area contributed by atoms with Crippen molar-refractivity contribution in [2.75, 3.05) is 5.88 Å². The Morgan fingerprint density at radius 1 is 1.54 bits per heavy atom. The van der Waals surface area contributed by atoms with E-state index in [1.54, 1.807) is 0 Å². The van der Waals surface area contributed by atoms with E-state index in [1.165, 1.54) is 0 Å². The molecule has 0 fully saturated rings. The summed E-state index contributed by atoms with van der Waals surface area (Å²) in [6, 6.07) is 7.96. The Morgan fingerprint density at radius 2 is 2.31 bits per heavy atom. The second-order valence-corrected chi connectivity index (χ2v) is 4.05. The van der Waals surface area contributed by atoms with E-state index in [9.17, 15) is 4.79 Å². The van der Waals surface area contributed by atoms with Crippen LogP contribution in [0.2, 0.25) is 0 Å². The molecule has 0 unspecified atom stereocenters. The van der Waals surface area contributed by atoms with E-state index in [2.05, 4.69) is 27.9 Å². The van der Waals surface area contributed by atoms with Crippen molar-refractivity contribution in [1.29, 1.82) is 0 Å². The predicted octanol–water partition coefficient (Wildman–Crippen LogP) is 2.15. The Balaban J connectivity index is 2.50. The molecule has 0 saturated heterocycles. The summed E-state index contributed by atoms with van der Waals surface area (Å²) >= 11 is 7.57. The standard InChI is InChI=1S/C9H9ClINO/c10-5-9(13)12-6-7-2-1-3-8(11)4-7/h1-4H,5-6H2,(H,12,13). The highest BCUT2D eigenvalue weighted by Gasteiger charge is 1.98. The molecule has 4 heteroatoms. The first-order chi connectivity index (χ1) is 6.22. The molecule has 0 radical (unpaired) electrons. The fraction of sp³-hybridized carbons (Fsp3) is 0.222. The van der Waals surface area contributed by atoms with Gasteiger partial charge in [0, 0.05) is 10.1 Å². The molecule has 0 heterocycles. The van der Waals surface area contributed by atoms with Crippen molar-refractivity contribution in [3.63, 3.8) is 0 Å². The highest BCUT2D eigenvalue weighted by molar-refractivity contribution is 14.1. The zero-order valence-corrected chi connectivity index (χ0v) is 9.80. The van der Waals surface area contributed by atoms with Crippen molar-refractivity contribution in [3.05, 3.63) is 33.4 Å². The van der Waals surface area contributed by atoms with Crippen molar-refractivity contribution < 1.29 is 4.79 Å². The van der Waals surface area contributed by atoms with Gasteiger partial charge in [-0.1, -0.05) is 12.1 Å². The van der Waals surface area contributed by atoms with E-state index in [0.717, 1.165) is 9.13 Å². The van der Waals surface area contributed by atoms with Crippen LogP contribution in [-0.2, 0) is 11.3 Å². The van der Waals surface area contributed by atoms with Gasteiger partial charge in [-0.15, -0.1) is 11.6 Å². The lowest BCUT2D eigenvalue weighted by Crippen LogP contribution is -2.23. The normalized spacial score (nSPS) is 9.69. The number of benzene rings is 1. The third-order valence-corrected chi connectivity index (χ3v) is 2.41. The van der Waals surface area contributed by atoms with Gasteiger partial charge in [0.15, 0.2) is 0 Å². The Morgan fingerprint density at radius 3 is 2.92 bits per heavy atom. The van der Waals surface area contributed by atoms with Gasteiger partial charge >= 0.3 is 0 Å². The summed E-state index contributed by atoms with van der Waals surface area (Å²) < 4.78 is 1.16. The molecule has 0 bridgehead atoms. The molecule has 1 rings (SSSR count). The molecule has 0 aliphatic heterocycles. The van der Waals surface area contributed by atoms with Crippen molar-refractivity contribution in [2.24, 2.45) is 0 Å². The summed E-state index contributed by atoms with van der Waals surface area (Å²) in [6.45, 7) is 0.544. The van der Waals surface area contributed by atoms with Crippen molar-refractivity contribution in [1.82, 2.24) is 5.32 Å². The molecule has 0 aromatic heterocycles. The molecule has 1 amide bonds. The van der Waals surface area contributed by atoms with Gasteiger partial charge in [-0.25, -0.2) is 0 Å². The Bertz CT molecular complexity index is 303. The second-order valence-electron chi connectivity index (χ2n) is 2.54. The molecular weight excluding hydrogens is 300 g/mol. The molecule has 0 spiro atoms. The molecule has 1 aromatic rings. The smallest absolute Gasteiger partial charge is 0.235 e. The number of nitrogens with one attached hydrogen (secondary N) is 1. The van der Waals surface area contributed by atoms with E-state index in [1.807, 2.05) is 24.3 Å². The largest absolute Gasteiger partial charge is 0.351 e. The molecule has 1 N–H and O–H groups in total. The third kappa shape index (κ3) is 3.95. The zero-order chi connectivity index (χ0) is 9.68. The van der Waals surface area contributed by atoms with Gasteiger partial charge in [0.1, 0.15) is 5.88 Å². The van der Waals surface area contributed by atoms with E-state index in [4.69, 9.17) is 11.6 Å². The van der Waals surface area contributed by atoms with E-state index >= 15 is 0 Å². The summed E-state index contributed by atoms with van der Waals surface area (Å²) in [5.74, 6) is -0.121. The van der Waals surface area contributed by atoms with Crippen molar-refractivity contribution in [3.8, 4) is 0 Å². The van der Waals surface area contributed by atoms with Gasteiger partial charge in [0.2, 0.25) is 5.91 Å². The molecule has 0 aliphatic rings. The van der Waals surface area contributed by atoms with E-state index in [0.29, 0.717) is 6.54 Å². The van der Waals surface area contributed by atoms with Crippen LogP contribution in [0.4, 0.5) is 0 Å². The van der Waals surface area contributed by atoms with E-state index in [-0.39, 0.29) is 11.8 Å². The number of carbonyl (C=O) groups excluding carboxylic acids is 1. The Labute approximate surface area is 95.8 Å². The molecule has 1 aromatic carbocycles. The van der Waals surface area contributed by atoms with Crippen LogP contribution < -0.4 is 5.32 Å². The third-order valence-electron chi connectivity index (χ3n) is 1.50. The van der Waals surface area contributed by atoms with Gasteiger partial charge in [-0.2, -0.15) is 0 Å². The zero-order valence-electron chi connectivity index (χ0n) is 6.89. The Hall–Kier alpha value is -0.290. The highest BCUT2D eigenvalue weighted by Crippen LogP contribution is 2.07. The lowest BCUT2D eigenvalue weighted by Gasteiger charge is -2.02. The van der Waals surface area contributed by atoms with E-state index < -0.39 is 0 Å². The molecular formula is C9H9ClINO. The van der Waals surface area contributed by atoms with Crippen LogP contribution in [0, 0.1) is 3.57 Å². The first kappa shape index (κ1) is 10.8. The molecule has 0 atom stereocenters. The maximum Gasteiger partial charge on any atom is 0.235 e. The number of hydrogen-bond acceptors (Lipinski definition) is 1. The lowest BCUT2D eigenvalue weighted by atomic mass is 10.2. The summed E-state index contributed by atoms with van der Waals surface area (Å²) in [4.78, 5) is 10.8. The number of carbonyl (C=O) groups is 1. The van der Waals surface area contributed by atoms with Crippen LogP contribution in [0.3, 0.4) is 0 Å². The molecule has 0 aliphatic carbocycles. The summed E-state index contributed by atoms with van der Waals surface area (Å²) in [7, 11) is 0. The minimum absolute atomic E-state index is 0.0178. The fourth-order valence-corrected chi connectivity index (χ4v) is 1.60. The van der Waals surface area contributed by atoms with Crippen LogP contribution in [0.15, 0.2) is 24.3 Å². The average Bonchev–Trinajstić information content (AvgIpc) is 2.14. The Kier molecular flexibility index (Phi) is 4.52. The van der Waals surface area contributed by atoms with Gasteiger partial charge in [-0.3, -0.25) is 4.79 Å². The highest BCUT2D eigenvalue weighted by atomic mass is 127. The molecule has 2 nitrogen and oxygen atoms in total. The molecule has 70 valence electrons. The molecule has 0 saturated carbocycles. The first-order valence-electron chi connectivity index (χ1n) is 3.79. The summed E-state index contributed by atoms with van der Waals surface area (Å²) in [6.07, 6.45) is 0. The average molecular weight is 310 g/mol. The number of rotatable bonds is 3. The van der Waals surface area contributed by atoms with Gasteiger partial charge in [0.25, 0.3) is 0 Å². The summed E-state index contributed by atoms with van der Waals surface area (Å²) in [5, 5.41) is 2.70. The predicted molar refractivity (Wildman–Crippen MR) is 61.7 cm³/mol. The number of halogens is 2. The number of alkyl halides is 1. The topological polar surface area (TPSA) is 29.1 Å². The van der Waals surface area contributed by atoms with Crippen molar-refractivity contribution >= 4 is 40.1 Å². The lowest BCUT2D eigenvalue weighted by molar-refractivity contribution is -0.118. The maximum absolute atomic E-state index is 10.8. The van der Waals surface area contributed by atoms with Crippen molar-refractivity contribution in [2.45, 2.75) is 6.54 Å². The van der Waals surface area contributed by atoms with Crippen LogP contribution in [0.5, 0.6) is 0 Å². The number of amides is 1. The van der Waals surface area contributed by atoms with Gasteiger partial charge < -0.3 is 5.32 Å². The second kappa shape index (κ2) is 5.44. The minimum atomic E-state index is -0.138. The quantitative estimate of drug-likeness (QED) is 0.673. The monoisotopic (exact) mass is 309 g/mol. The van der Waals surface area contributed by atoms with Crippen LogP contribution in [0.25, 0.3) is 0 Å². The van der Waals surface area contributed by atoms with Gasteiger partial charge in [-0.05, 0) is 40.3 Å². The molecule has 13 heavy (non-hydrogen) atoms. The van der Waals surface area contributed by atoms with Gasteiger partial charge in [0.05, 0.1) is 0 Å². The summed E-state index contributed by atoms with van der Waals surface area (Å²) in [5.41, 5.74) is 1.09. The van der Waals surface area contributed by atoms with Crippen LogP contribution >= 0.6 is 34.2 Å². The minimum Gasteiger partial charge on any atom is -0.351 e. The number of hydrogen-bond donors (Lipinski definition) is 1. The fourth-order valence-electron chi connectivity index (χ4n) is 0.895. The van der Waals surface area contributed by atoms with Crippen LogP contribution in [-0.4, -0.2) is 11.8 Å². The van der Waals surface area contributed by atoms with Crippen LogP contribution in [0.1, 0.15) is 5.56 Å².